The molecule has 35 heavy (non-hydrogen) atoms. The maximum atomic E-state index is 12.9. The molecule has 178 valence electrons. The molecule has 1 atom stereocenters. The minimum absolute atomic E-state index is 0.0912. The first-order valence-corrected chi connectivity index (χ1v) is 11.4. The van der Waals surface area contributed by atoms with Crippen LogP contribution in [0.1, 0.15) is 49.1 Å². The number of hydrogen-bond acceptors (Lipinski definition) is 6. The van der Waals surface area contributed by atoms with E-state index in [1.54, 1.807) is 32.9 Å². The van der Waals surface area contributed by atoms with Crippen molar-refractivity contribution in [3.8, 4) is 17.2 Å². The van der Waals surface area contributed by atoms with Crippen molar-refractivity contribution in [2.24, 2.45) is 0 Å². The fourth-order valence-corrected chi connectivity index (χ4v) is 4.25. The van der Waals surface area contributed by atoms with Gasteiger partial charge in [0.15, 0.2) is 0 Å². The fraction of sp³-hybridized carbons (Fsp3) is 0.286. The summed E-state index contributed by atoms with van der Waals surface area (Å²) in [6, 6.07) is 20.4. The first kappa shape index (κ1) is 24.0. The number of alkyl carbamates (subject to hydrolysis) is 1. The van der Waals surface area contributed by atoms with Crippen LogP contribution in [0.15, 0.2) is 66.9 Å². The molecule has 0 unspecified atom stereocenters. The van der Waals surface area contributed by atoms with Crippen LogP contribution in [0, 0.1) is 11.3 Å². The van der Waals surface area contributed by atoms with Crippen LogP contribution in [0.3, 0.4) is 0 Å². The standard InChI is InChI=1S/C28H27N3O4/c1-28(2,3)35-26(32)25(15-18-12-13-30-19(14-18)16-29)31-27(33)34-17-24-22-10-6-4-8-20(22)21-9-5-7-11-23(21)24/h4-14,24-25H,15,17H2,1-3H3,(H,31,33)/t25-/m0/s1. The van der Waals surface area contributed by atoms with E-state index in [4.69, 9.17) is 14.7 Å². The van der Waals surface area contributed by atoms with Gasteiger partial charge in [-0.05, 0) is 60.7 Å². The predicted molar refractivity (Wildman–Crippen MR) is 130 cm³/mol. The largest absolute Gasteiger partial charge is 0.458 e. The van der Waals surface area contributed by atoms with Crippen LogP contribution >= 0.6 is 0 Å². The molecule has 0 bridgehead atoms. The van der Waals surface area contributed by atoms with Gasteiger partial charge in [0.05, 0.1) is 0 Å². The van der Waals surface area contributed by atoms with Crippen molar-refractivity contribution < 1.29 is 19.1 Å². The molecule has 3 aromatic rings. The maximum Gasteiger partial charge on any atom is 0.407 e. The van der Waals surface area contributed by atoms with Crippen molar-refractivity contribution in [1.82, 2.24) is 10.3 Å². The highest BCUT2D eigenvalue weighted by molar-refractivity contribution is 5.82. The van der Waals surface area contributed by atoms with Gasteiger partial charge < -0.3 is 14.8 Å². The zero-order chi connectivity index (χ0) is 25.0. The van der Waals surface area contributed by atoms with Gasteiger partial charge in [0.2, 0.25) is 0 Å². The molecule has 1 aliphatic carbocycles. The summed E-state index contributed by atoms with van der Waals surface area (Å²) in [5.74, 6) is -0.673. The molecule has 0 aliphatic heterocycles. The molecular weight excluding hydrogens is 442 g/mol. The Labute approximate surface area is 204 Å². The number of hydrogen-bond donors (Lipinski definition) is 1. The summed E-state index contributed by atoms with van der Waals surface area (Å²) in [6.07, 6.45) is 0.918. The number of pyridine rings is 1. The topological polar surface area (TPSA) is 101 Å². The average Bonchev–Trinajstić information content (AvgIpc) is 3.15. The number of fused-ring (bicyclic) bond motifs is 3. The summed E-state index contributed by atoms with van der Waals surface area (Å²) in [6.45, 7) is 5.41. The first-order valence-electron chi connectivity index (χ1n) is 11.4. The van der Waals surface area contributed by atoms with Gasteiger partial charge >= 0.3 is 12.1 Å². The quantitative estimate of drug-likeness (QED) is 0.523. The van der Waals surface area contributed by atoms with Crippen molar-refractivity contribution >= 4 is 12.1 Å². The molecule has 2 aromatic carbocycles. The van der Waals surface area contributed by atoms with Gasteiger partial charge in [0.1, 0.15) is 30.0 Å². The lowest BCUT2D eigenvalue weighted by atomic mass is 9.98. The van der Waals surface area contributed by atoms with Crippen molar-refractivity contribution in [2.75, 3.05) is 6.61 Å². The molecule has 1 N–H and O–H groups in total. The van der Waals surface area contributed by atoms with Crippen molar-refractivity contribution in [2.45, 2.75) is 44.8 Å². The summed E-state index contributed by atoms with van der Waals surface area (Å²) in [4.78, 5) is 29.6. The third-order valence-electron chi connectivity index (χ3n) is 5.71. The zero-order valence-corrected chi connectivity index (χ0v) is 19.9. The van der Waals surface area contributed by atoms with Crippen molar-refractivity contribution in [3.05, 3.63) is 89.2 Å². The van der Waals surface area contributed by atoms with Crippen LogP contribution in [0.25, 0.3) is 11.1 Å². The molecule has 1 heterocycles. The van der Waals surface area contributed by atoms with E-state index in [9.17, 15) is 9.59 Å². The Hall–Kier alpha value is -4.18. The highest BCUT2D eigenvalue weighted by Crippen LogP contribution is 2.44. The van der Waals surface area contributed by atoms with Crippen LogP contribution in [0.5, 0.6) is 0 Å². The van der Waals surface area contributed by atoms with Crippen molar-refractivity contribution in [3.63, 3.8) is 0 Å². The van der Waals surface area contributed by atoms with E-state index < -0.39 is 23.7 Å². The van der Waals surface area contributed by atoms with Crippen LogP contribution in [0.4, 0.5) is 4.79 Å². The number of rotatable bonds is 6. The van der Waals surface area contributed by atoms with Crippen LogP contribution in [-0.2, 0) is 20.7 Å². The van der Waals surface area contributed by atoms with Gasteiger partial charge in [-0.1, -0.05) is 48.5 Å². The highest BCUT2D eigenvalue weighted by Gasteiger charge is 2.31. The Balaban J connectivity index is 1.48. The van der Waals surface area contributed by atoms with E-state index in [-0.39, 0.29) is 24.6 Å². The molecule has 4 rings (SSSR count). The molecule has 0 fully saturated rings. The number of nitrogens with zero attached hydrogens (tertiary/aromatic N) is 2. The lowest BCUT2D eigenvalue weighted by Gasteiger charge is -2.25. The molecule has 0 radical (unpaired) electrons. The van der Waals surface area contributed by atoms with Gasteiger partial charge in [0.25, 0.3) is 0 Å². The van der Waals surface area contributed by atoms with Crippen LogP contribution < -0.4 is 5.32 Å². The minimum atomic E-state index is -0.987. The molecule has 1 aromatic heterocycles. The second-order valence-corrected chi connectivity index (χ2v) is 9.42. The number of nitriles is 1. The molecular formula is C28H27N3O4. The normalized spacial score (nSPS) is 13.2. The molecule has 0 saturated carbocycles. The molecule has 7 nitrogen and oxygen atoms in total. The predicted octanol–water partition coefficient (Wildman–Crippen LogP) is 4.74. The number of carbonyl (C=O) groups excluding carboxylic acids is 2. The smallest absolute Gasteiger partial charge is 0.407 e. The second kappa shape index (κ2) is 9.98. The molecule has 7 heteroatoms. The number of benzene rings is 2. The average molecular weight is 470 g/mol. The number of carbonyl (C=O) groups is 2. The van der Waals surface area contributed by atoms with E-state index in [2.05, 4.69) is 22.4 Å². The van der Waals surface area contributed by atoms with E-state index in [1.165, 1.54) is 6.20 Å². The SMILES string of the molecule is CC(C)(C)OC(=O)[C@H](Cc1ccnc(C#N)c1)NC(=O)OCC1c2ccccc2-c2ccccc21. The van der Waals surface area contributed by atoms with Gasteiger partial charge in [-0.2, -0.15) is 5.26 Å². The fourth-order valence-electron chi connectivity index (χ4n) is 4.25. The Morgan fingerprint density at radius 1 is 1.06 bits per heavy atom. The summed E-state index contributed by atoms with van der Waals surface area (Å²) < 4.78 is 11.1. The third-order valence-corrected chi connectivity index (χ3v) is 5.71. The van der Waals surface area contributed by atoms with Gasteiger partial charge in [-0.25, -0.2) is 14.6 Å². The van der Waals surface area contributed by atoms with E-state index >= 15 is 0 Å². The van der Waals surface area contributed by atoms with Crippen LogP contribution in [-0.4, -0.2) is 35.3 Å². The zero-order valence-electron chi connectivity index (χ0n) is 19.9. The Morgan fingerprint density at radius 3 is 2.29 bits per heavy atom. The van der Waals surface area contributed by atoms with Gasteiger partial charge in [-0.3, -0.25) is 0 Å². The summed E-state index contributed by atoms with van der Waals surface area (Å²) >= 11 is 0. The summed E-state index contributed by atoms with van der Waals surface area (Å²) in [5.41, 5.74) is 4.65. The number of aromatic nitrogens is 1. The van der Waals surface area contributed by atoms with E-state index in [0.717, 1.165) is 22.3 Å². The first-order chi connectivity index (χ1) is 16.7. The summed E-state index contributed by atoms with van der Waals surface area (Å²) in [7, 11) is 0. The van der Waals surface area contributed by atoms with E-state index in [1.807, 2.05) is 42.5 Å². The monoisotopic (exact) mass is 469 g/mol. The minimum Gasteiger partial charge on any atom is -0.458 e. The number of esters is 1. The Kier molecular flexibility index (Phi) is 6.83. The van der Waals surface area contributed by atoms with Crippen LogP contribution in [0.2, 0.25) is 0 Å². The number of nitrogens with one attached hydrogen (secondary N) is 1. The second-order valence-electron chi connectivity index (χ2n) is 9.42. The van der Waals surface area contributed by atoms with E-state index in [0.29, 0.717) is 5.56 Å². The summed E-state index contributed by atoms with van der Waals surface area (Å²) in [5, 5.41) is 11.8. The maximum absolute atomic E-state index is 12.9. The highest BCUT2D eigenvalue weighted by atomic mass is 16.6. The Bertz CT molecular complexity index is 1240. The Morgan fingerprint density at radius 2 is 1.69 bits per heavy atom. The van der Waals surface area contributed by atoms with Gasteiger partial charge in [0, 0.05) is 18.5 Å². The number of amides is 1. The van der Waals surface area contributed by atoms with Crippen molar-refractivity contribution in [1.29, 1.82) is 5.26 Å². The molecule has 1 aliphatic rings. The lowest BCUT2D eigenvalue weighted by Crippen LogP contribution is -2.46. The van der Waals surface area contributed by atoms with Gasteiger partial charge in [-0.15, -0.1) is 0 Å². The number of ether oxygens (including phenoxy) is 2. The lowest BCUT2D eigenvalue weighted by molar-refractivity contribution is -0.157. The third kappa shape index (κ3) is 5.67. The molecule has 0 saturated heterocycles. The molecule has 0 spiro atoms. The molecule has 1 amide bonds.